The third-order valence-electron chi connectivity index (χ3n) is 3.21. The molecule has 2 aromatic rings. The van der Waals surface area contributed by atoms with Crippen LogP contribution in [0, 0.1) is 5.82 Å². The Hall–Kier alpha value is -1.46. The number of hydrogen-bond donors (Lipinski definition) is 0. The summed E-state index contributed by atoms with van der Waals surface area (Å²) >= 11 is 1.67. The van der Waals surface area contributed by atoms with E-state index in [1.807, 2.05) is 0 Å². The number of aromatic nitrogens is 1. The molecule has 3 heterocycles. The molecule has 19 heavy (non-hydrogen) atoms. The molecule has 0 N–H and O–H groups in total. The molecule has 1 saturated heterocycles. The smallest absolute Gasteiger partial charge is 0.141 e. The maximum atomic E-state index is 12.9. The molecule has 5 heteroatoms. The summed E-state index contributed by atoms with van der Waals surface area (Å²) in [6.07, 6.45) is 1.45. The molecule has 1 fully saturated rings. The number of ether oxygens (including phenoxy) is 1. The summed E-state index contributed by atoms with van der Waals surface area (Å²) in [7, 11) is 0. The minimum atomic E-state index is -0.306. The molecule has 0 amide bonds. The number of halogens is 1. The molecule has 0 aromatic carbocycles. The summed E-state index contributed by atoms with van der Waals surface area (Å²) in [4.78, 5) is 6.30. The van der Waals surface area contributed by atoms with Gasteiger partial charge in [-0.1, -0.05) is 0 Å². The van der Waals surface area contributed by atoms with Crippen LogP contribution in [0.5, 0.6) is 0 Å². The first kappa shape index (κ1) is 12.6. The highest BCUT2D eigenvalue weighted by atomic mass is 32.1. The van der Waals surface area contributed by atoms with Gasteiger partial charge in [-0.3, -0.25) is 0 Å². The van der Waals surface area contributed by atoms with Gasteiger partial charge in [0.2, 0.25) is 0 Å². The van der Waals surface area contributed by atoms with Gasteiger partial charge >= 0.3 is 0 Å². The molecular formula is C14H15FN2OS. The minimum Gasteiger partial charge on any atom is -0.367 e. The third-order valence-corrected chi connectivity index (χ3v) is 3.91. The van der Waals surface area contributed by atoms with Crippen LogP contribution in [0.15, 0.2) is 35.2 Å². The van der Waals surface area contributed by atoms with Gasteiger partial charge in [-0.05, 0) is 41.4 Å². The van der Waals surface area contributed by atoms with E-state index in [0.717, 1.165) is 18.9 Å². The van der Waals surface area contributed by atoms with Gasteiger partial charge in [0.05, 0.1) is 12.3 Å². The molecule has 3 rings (SSSR count). The van der Waals surface area contributed by atoms with Gasteiger partial charge in [-0.15, -0.1) is 0 Å². The number of hydrogen-bond acceptors (Lipinski definition) is 4. The molecule has 2 aromatic heterocycles. The first-order valence-electron chi connectivity index (χ1n) is 6.26. The average Bonchev–Trinajstić information content (AvgIpc) is 2.93. The zero-order valence-electron chi connectivity index (χ0n) is 10.6. The largest absolute Gasteiger partial charge is 0.367 e. The van der Waals surface area contributed by atoms with Crippen LogP contribution in [-0.4, -0.2) is 24.2 Å². The van der Waals surface area contributed by atoms with Crippen molar-refractivity contribution in [3.05, 3.63) is 46.5 Å². The number of anilines is 1. The van der Waals surface area contributed by atoms with E-state index < -0.39 is 0 Å². The number of rotatable bonds is 2. The SMILES string of the molecule is CC1CN(c2ccc(F)cn2)CC(c2ccsc2)O1. The average molecular weight is 278 g/mol. The van der Waals surface area contributed by atoms with E-state index in [1.54, 1.807) is 17.4 Å². The summed E-state index contributed by atoms with van der Waals surface area (Å²) in [6, 6.07) is 5.25. The molecule has 1 aliphatic rings. The summed E-state index contributed by atoms with van der Waals surface area (Å²) in [5.41, 5.74) is 1.20. The predicted molar refractivity (Wildman–Crippen MR) is 74.0 cm³/mol. The Morgan fingerprint density at radius 2 is 2.26 bits per heavy atom. The van der Waals surface area contributed by atoms with E-state index >= 15 is 0 Å². The van der Waals surface area contributed by atoms with Crippen molar-refractivity contribution >= 4 is 17.2 Å². The normalized spacial score (nSPS) is 23.6. The second kappa shape index (κ2) is 5.27. The first-order valence-corrected chi connectivity index (χ1v) is 7.21. The van der Waals surface area contributed by atoms with E-state index in [1.165, 1.54) is 17.8 Å². The fourth-order valence-electron chi connectivity index (χ4n) is 2.34. The molecule has 0 saturated carbocycles. The van der Waals surface area contributed by atoms with Crippen LogP contribution >= 0.6 is 11.3 Å². The number of thiophene rings is 1. The van der Waals surface area contributed by atoms with Crippen molar-refractivity contribution in [2.45, 2.75) is 19.1 Å². The van der Waals surface area contributed by atoms with Crippen molar-refractivity contribution in [2.24, 2.45) is 0 Å². The van der Waals surface area contributed by atoms with Crippen molar-refractivity contribution < 1.29 is 9.13 Å². The predicted octanol–water partition coefficient (Wildman–Crippen LogP) is 3.25. The molecule has 0 spiro atoms. The van der Waals surface area contributed by atoms with Gasteiger partial charge in [-0.2, -0.15) is 11.3 Å². The van der Waals surface area contributed by atoms with Gasteiger partial charge < -0.3 is 9.64 Å². The maximum Gasteiger partial charge on any atom is 0.141 e. The van der Waals surface area contributed by atoms with E-state index in [4.69, 9.17) is 4.74 Å². The second-order valence-electron chi connectivity index (χ2n) is 4.73. The maximum absolute atomic E-state index is 12.9. The highest BCUT2D eigenvalue weighted by Gasteiger charge is 2.27. The number of pyridine rings is 1. The van der Waals surface area contributed by atoms with Gasteiger partial charge in [0, 0.05) is 13.1 Å². The van der Waals surface area contributed by atoms with Crippen LogP contribution < -0.4 is 4.90 Å². The fraction of sp³-hybridized carbons (Fsp3) is 0.357. The molecule has 0 aliphatic carbocycles. The van der Waals surface area contributed by atoms with Gasteiger partial charge in [0.15, 0.2) is 0 Å². The van der Waals surface area contributed by atoms with Gasteiger partial charge in [0.25, 0.3) is 0 Å². The van der Waals surface area contributed by atoms with Crippen LogP contribution in [-0.2, 0) is 4.74 Å². The standard InChI is InChI=1S/C14H15FN2OS/c1-10-7-17(14-3-2-12(15)6-16-14)8-13(18-10)11-4-5-19-9-11/h2-6,9-10,13H,7-8H2,1H3. The molecule has 2 atom stereocenters. The van der Waals surface area contributed by atoms with Gasteiger partial charge in [0.1, 0.15) is 17.7 Å². The Balaban J connectivity index is 1.80. The Labute approximate surface area is 115 Å². The lowest BCUT2D eigenvalue weighted by atomic mass is 10.1. The van der Waals surface area contributed by atoms with Crippen molar-refractivity contribution in [1.82, 2.24) is 4.98 Å². The van der Waals surface area contributed by atoms with Crippen molar-refractivity contribution in [2.75, 3.05) is 18.0 Å². The van der Waals surface area contributed by atoms with Crippen LogP contribution in [0.4, 0.5) is 10.2 Å². The van der Waals surface area contributed by atoms with E-state index in [-0.39, 0.29) is 18.0 Å². The number of nitrogens with zero attached hydrogens (tertiary/aromatic N) is 2. The second-order valence-corrected chi connectivity index (χ2v) is 5.51. The lowest BCUT2D eigenvalue weighted by Gasteiger charge is -2.37. The lowest BCUT2D eigenvalue weighted by Crippen LogP contribution is -2.43. The molecule has 1 aliphatic heterocycles. The van der Waals surface area contributed by atoms with Crippen molar-refractivity contribution in [3.63, 3.8) is 0 Å². The zero-order chi connectivity index (χ0) is 13.2. The van der Waals surface area contributed by atoms with Crippen LogP contribution in [0.3, 0.4) is 0 Å². The molecule has 2 unspecified atom stereocenters. The molecule has 3 nitrogen and oxygen atoms in total. The Morgan fingerprint density at radius 1 is 1.37 bits per heavy atom. The lowest BCUT2D eigenvalue weighted by molar-refractivity contribution is -0.0174. The quantitative estimate of drug-likeness (QED) is 0.843. The first-order chi connectivity index (χ1) is 9.22. The van der Waals surface area contributed by atoms with Crippen LogP contribution in [0.25, 0.3) is 0 Å². The molecule has 0 bridgehead atoms. The zero-order valence-corrected chi connectivity index (χ0v) is 11.4. The van der Waals surface area contributed by atoms with Crippen molar-refractivity contribution in [3.8, 4) is 0 Å². The summed E-state index contributed by atoms with van der Waals surface area (Å²) in [6.45, 7) is 3.58. The minimum absolute atomic E-state index is 0.0573. The van der Waals surface area contributed by atoms with E-state index in [0.29, 0.717) is 0 Å². The summed E-state index contributed by atoms with van der Waals surface area (Å²) in [5, 5.41) is 4.16. The van der Waals surface area contributed by atoms with Gasteiger partial charge in [-0.25, -0.2) is 9.37 Å². The molecular weight excluding hydrogens is 263 g/mol. The fourth-order valence-corrected chi connectivity index (χ4v) is 3.04. The number of morpholine rings is 1. The van der Waals surface area contributed by atoms with E-state index in [2.05, 4.69) is 33.6 Å². The molecule has 0 radical (unpaired) electrons. The summed E-state index contributed by atoms with van der Waals surface area (Å²) in [5.74, 6) is 0.497. The molecule has 100 valence electrons. The highest BCUT2D eigenvalue weighted by molar-refractivity contribution is 7.07. The topological polar surface area (TPSA) is 25.4 Å². The van der Waals surface area contributed by atoms with Crippen molar-refractivity contribution in [1.29, 1.82) is 0 Å². The van der Waals surface area contributed by atoms with Crippen LogP contribution in [0.1, 0.15) is 18.6 Å². The third kappa shape index (κ3) is 2.77. The summed E-state index contributed by atoms with van der Waals surface area (Å²) < 4.78 is 18.9. The monoisotopic (exact) mass is 278 g/mol. The van der Waals surface area contributed by atoms with E-state index in [9.17, 15) is 4.39 Å². The van der Waals surface area contributed by atoms with Crippen LogP contribution in [0.2, 0.25) is 0 Å². The highest BCUT2D eigenvalue weighted by Crippen LogP contribution is 2.28. The Kier molecular flexibility index (Phi) is 3.48. The Bertz CT molecular complexity index is 529. The Morgan fingerprint density at radius 3 is 2.95 bits per heavy atom.